The van der Waals surface area contributed by atoms with Crippen LogP contribution in [0, 0.1) is 24.4 Å². The lowest BCUT2D eigenvalue weighted by molar-refractivity contribution is -0.144. The standard InChI is InChI=1S/C35H35BrF6N2O4/c1-5-8-9-10-12-21-14-23(37)16-27(38)32(21)22-13-20(4)33(39)24(15-22)28(18-31(46)48-7-3)43-34(47)29(11-6-2)44-19-26(36)25(17-30(44)45)35(40,41)42/h5-6,13-17,19,28-29H,1-2,7-12,18H2,3-4H3,(H,43,47)/t28-,29-/m0/s1. The Hall–Kier alpha value is -4.13. The maximum Gasteiger partial charge on any atom is 0.417 e. The molecule has 1 heterocycles. The monoisotopic (exact) mass is 740 g/mol. The molecule has 1 amide bonds. The molecule has 0 aliphatic heterocycles. The van der Waals surface area contributed by atoms with Crippen LogP contribution in [0.15, 0.2) is 71.1 Å². The average Bonchev–Trinajstić information content (AvgIpc) is 2.99. The number of alkyl halides is 3. The van der Waals surface area contributed by atoms with E-state index in [1.165, 1.54) is 31.2 Å². The first-order chi connectivity index (χ1) is 22.6. The molecule has 2 aromatic carbocycles. The maximum absolute atomic E-state index is 15.9. The summed E-state index contributed by atoms with van der Waals surface area (Å²) in [5, 5.41) is 2.54. The molecule has 48 heavy (non-hydrogen) atoms. The van der Waals surface area contributed by atoms with Crippen LogP contribution in [0.5, 0.6) is 0 Å². The summed E-state index contributed by atoms with van der Waals surface area (Å²) < 4.78 is 91.1. The molecule has 0 saturated heterocycles. The molecule has 3 aromatic rings. The van der Waals surface area contributed by atoms with Crippen LogP contribution in [0.3, 0.4) is 0 Å². The Kier molecular flexibility index (Phi) is 13.4. The summed E-state index contributed by atoms with van der Waals surface area (Å²) in [7, 11) is 0. The number of aryl methyl sites for hydroxylation is 2. The highest BCUT2D eigenvalue weighted by Gasteiger charge is 2.35. The molecule has 0 aliphatic carbocycles. The van der Waals surface area contributed by atoms with Crippen molar-refractivity contribution in [1.29, 1.82) is 0 Å². The van der Waals surface area contributed by atoms with Crippen molar-refractivity contribution in [2.75, 3.05) is 6.61 Å². The molecule has 0 radical (unpaired) electrons. The first kappa shape index (κ1) is 38.3. The van der Waals surface area contributed by atoms with Crippen molar-refractivity contribution in [3.05, 3.63) is 116 Å². The zero-order valence-electron chi connectivity index (χ0n) is 26.4. The van der Waals surface area contributed by atoms with E-state index in [0.29, 0.717) is 43.4 Å². The highest BCUT2D eigenvalue weighted by atomic mass is 79.9. The number of amides is 1. The fourth-order valence-electron chi connectivity index (χ4n) is 5.33. The largest absolute Gasteiger partial charge is 0.466 e. The van der Waals surface area contributed by atoms with Crippen LogP contribution in [0.4, 0.5) is 26.3 Å². The molecule has 3 rings (SSSR count). The van der Waals surface area contributed by atoms with Crippen LogP contribution < -0.4 is 10.9 Å². The Morgan fingerprint density at radius 3 is 2.40 bits per heavy atom. The number of aromatic nitrogens is 1. The van der Waals surface area contributed by atoms with Crippen LogP contribution in [0.25, 0.3) is 11.1 Å². The zero-order valence-corrected chi connectivity index (χ0v) is 27.9. The number of carbonyl (C=O) groups is 2. The highest BCUT2D eigenvalue weighted by molar-refractivity contribution is 9.10. The number of unbranched alkanes of at least 4 members (excludes halogenated alkanes) is 2. The fraction of sp³-hybridized carbons (Fsp3) is 0.343. The molecule has 0 unspecified atom stereocenters. The van der Waals surface area contributed by atoms with Gasteiger partial charge >= 0.3 is 12.1 Å². The molecule has 0 fully saturated rings. The second-order valence-electron chi connectivity index (χ2n) is 11.0. The van der Waals surface area contributed by atoms with Gasteiger partial charge in [0.2, 0.25) is 5.91 Å². The molecule has 0 saturated carbocycles. The summed E-state index contributed by atoms with van der Waals surface area (Å²) in [5.74, 6) is -4.29. The van der Waals surface area contributed by atoms with Gasteiger partial charge in [-0.05, 0) is 96.8 Å². The number of rotatable bonds is 15. The summed E-state index contributed by atoms with van der Waals surface area (Å²) in [5.41, 5.74) is -2.09. The SMILES string of the molecule is C=CCCCCc1cc(F)cc(F)c1-c1cc(C)c(F)c([C@H](CC(=O)OCC)NC(=O)[C@H](CC=C)n2cc(Br)c(C(F)(F)F)cc2=O)c1. The van der Waals surface area contributed by atoms with E-state index < -0.39 is 69.6 Å². The summed E-state index contributed by atoms with van der Waals surface area (Å²) >= 11 is 2.80. The number of nitrogens with zero attached hydrogens (tertiary/aromatic N) is 1. The average molecular weight is 742 g/mol. The number of esters is 1. The summed E-state index contributed by atoms with van der Waals surface area (Å²) in [6.07, 6.45) is 0.436. The molecular formula is C35H35BrF6N2O4. The topological polar surface area (TPSA) is 77.4 Å². The smallest absolute Gasteiger partial charge is 0.417 e. The van der Waals surface area contributed by atoms with Gasteiger partial charge in [-0.15, -0.1) is 13.2 Å². The van der Waals surface area contributed by atoms with E-state index in [1.807, 2.05) is 0 Å². The van der Waals surface area contributed by atoms with Gasteiger partial charge < -0.3 is 14.6 Å². The number of benzene rings is 2. The lowest BCUT2D eigenvalue weighted by Crippen LogP contribution is -2.40. The van der Waals surface area contributed by atoms with Gasteiger partial charge in [0.1, 0.15) is 23.5 Å². The van der Waals surface area contributed by atoms with Gasteiger partial charge in [-0.1, -0.05) is 12.2 Å². The Balaban J connectivity index is 2.14. The fourth-order valence-corrected chi connectivity index (χ4v) is 5.89. The minimum absolute atomic E-state index is 0.0197. The number of carbonyl (C=O) groups excluding carboxylic acids is 2. The van der Waals surface area contributed by atoms with Crippen LogP contribution >= 0.6 is 15.9 Å². The van der Waals surface area contributed by atoms with E-state index in [-0.39, 0.29) is 35.3 Å². The third-order valence-corrected chi connectivity index (χ3v) is 8.18. The predicted molar refractivity (Wildman–Crippen MR) is 174 cm³/mol. The number of allylic oxidation sites excluding steroid dienone is 2. The summed E-state index contributed by atoms with van der Waals surface area (Å²) in [6, 6.07) is 1.96. The molecule has 2 atom stereocenters. The van der Waals surface area contributed by atoms with Gasteiger partial charge in [-0.25, -0.2) is 13.2 Å². The van der Waals surface area contributed by atoms with E-state index in [0.717, 1.165) is 10.8 Å². The lowest BCUT2D eigenvalue weighted by atomic mass is 9.90. The number of nitrogens with one attached hydrogen (secondary N) is 1. The Bertz CT molecular complexity index is 1740. The van der Waals surface area contributed by atoms with Gasteiger partial charge in [0, 0.05) is 33.9 Å². The van der Waals surface area contributed by atoms with Crippen molar-refractivity contribution in [3.63, 3.8) is 0 Å². The molecule has 1 aromatic heterocycles. The van der Waals surface area contributed by atoms with Crippen molar-refractivity contribution < 1.29 is 40.7 Å². The van der Waals surface area contributed by atoms with Crippen molar-refractivity contribution in [3.8, 4) is 11.1 Å². The van der Waals surface area contributed by atoms with Gasteiger partial charge in [-0.3, -0.25) is 14.4 Å². The number of hydrogen-bond acceptors (Lipinski definition) is 4. The molecular weight excluding hydrogens is 706 g/mol. The van der Waals surface area contributed by atoms with Crippen molar-refractivity contribution in [1.82, 2.24) is 9.88 Å². The number of halogens is 7. The van der Waals surface area contributed by atoms with Crippen molar-refractivity contribution in [2.24, 2.45) is 0 Å². The van der Waals surface area contributed by atoms with Gasteiger partial charge in [0.05, 0.1) is 24.6 Å². The molecule has 13 heteroatoms. The normalized spacial score (nSPS) is 12.7. The maximum atomic E-state index is 15.9. The molecule has 258 valence electrons. The molecule has 6 nitrogen and oxygen atoms in total. The zero-order chi connectivity index (χ0) is 35.8. The highest BCUT2D eigenvalue weighted by Crippen LogP contribution is 2.36. The molecule has 0 bridgehead atoms. The van der Waals surface area contributed by atoms with Gasteiger partial charge in [-0.2, -0.15) is 13.2 Å². The van der Waals surface area contributed by atoms with E-state index in [4.69, 9.17) is 4.74 Å². The van der Waals surface area contributed by atoms with E-state index in [9.17, 15) is 31.9 Å². The van der Waals surface area contributed by atoms with E-state index >= 15 is 8.78 Å². The van der Waals surface area contributed by atoms with Crippen LogP contribution in [0.1, 0.15) is 73.4 Å². The second kappa shape index (κ2) is 16.8. The number of pyridine rings is 1. The van der Waals surface area contributed by atoms with E-state index in [1.54, 1.807) is 13.0 Å². The summed E-state index contributed by atoms with van der Waals surface area (Å²) in [4.78, 5) is 39.2. The first-order valence-electron chi connectivity index (χ1n) is 15.1. The van der Waals surface area contributed by atoms with E-state index in [2.05, 4.69) is 34.4 Å². The molecule has 0 spiro atoms. The third kappa shape index (κ3) is 9.48. The minimum Gasteiger partial charge on any atom is -0.466 e. The van der Waals surface area contributed by atoms with Gasteiger partial charge in [0.25, 0.3) is 5.56 Å². The predicted octanol–water partition coefficient (Wildman–Crippen LogP) is 8.85. The second-order valence-corrected chi connectivity index (χ2v) is 11.9. The Morgan fingerprint density at radius 1 is 1.06 bits per heavy atom. The Morgan fingerprint density at radius 2 is 1.77 bits per heavy atom. The van der Waals surface area contributed by atoms with Crippen LogP contribution in [-0.2, 0) is 26.9 Å². The number of hydrogen-bond donors (Lipinski definition) is 1. The third-order valence-electron chi connectivity index (χ3n) is 7.55. The molecule has 1 N–H and O–H groups in total. The minimum atomic E-state index is -4.85. The van der Waals surface area contributed by atoms with Crippen LogP contribution in [0.2, 0.25) is 0 Å². The lowest BCUT2D eigenvalue weighted by Gasteiger charge is -2.25. The number of ether oxygens (including phenoxy) is 1. The molecule has 0 aliphatic rings. The van der Waals surface area contributed by atoms with Crippen LogP contribution in [-0.4, -0.2) is 23.1 Å². The van der Waals surface area contributed by atoms with Crippen molar-refractivity contribution >= 4 is 27.8 Å². The van der Waals surface area contributed by atoms with Crippen molar-refractivity contribution in [2.45, 2.75) is 70.6 Å². The van der Waals surface area contributed by atoms with Gasteiger partial charge in [0.15, 0.2) is 0 Å². The Labute approximate surface area is 282 Å². The summed E-state index contributed by atoms with van der Waals surface area (Å²) in [6.45, 7) is 10.1. The first-order valence-corrected chi connectivity index (χ1v) is 15.9. The quantitative estimate of drug-likeness (QED) is 0.0731.